The van der Waals surface area contributed by atoms with E-state index < -0.39 is 0 Å². The zero-order valence-corrected chi connectivity index (χ0v) is 12.4. The number of benzene rings is 1. The summed E-state index contributed by atoms with van der Waals surface area (Å²) in [6, 6.07) is 7.89. The van der Waals surface area contributed by atoms with Crippen molar-refractivity contribution in [3.05, 3.63) is 28.7 Å². The molecule has 0 aliphatic heterocycles. The van der Waals surface area contributed by atoms with Crippen LogP contribution in [-0.2, 0) is 0 Å². The fraction of sp³-hybridized carbons (Fsp3) is 0.600. The molecule has 1 aliphatic carbocycles. The second-order valence-electron chi connectivity index (χ2n) is 5.34. The molecule has 0 spiro atoms. The second-order valence-corrected chi connectivity index (χ2v) is 6.26. The van der Waals surface area contributed by atoms with E-state index in [2.05, 4.69) is 22.9 Å². The third-order valence-corrected chi connectivity index (χ3v) is 4.25. The van der Waals surface area contributed by atoms with E-state index >= 15 is 0 Å². The summed E-state index contributed by atoms with van der Waals surface area (Å²) < 4.78 is 6.77. The quantitative estimate of drug-likeness (QED) is 0.910. The molecule has 1 aromatic rings. The van der Waals surface area contributed by atoms with Crippen LogP contribution in [-0.4, -0.2) is 17.8 Å². The highest BCUT2D eigenvalue weighted by Gasteiger charge is 2.26. The van der Waals surface area contributed by atoms with Crippen molar-refractivity contribution in [2.45, 2.75) is 38.7 Å². The van der Waals surface area contributed by atoms with Gasteiger partial charge in [-0.2, -0.15) is 0 Å². The predicted molar refractivity (Wildman–Crippen MR) is 76.8 cm³/mol. The first kappa shape index (κ1) is 13.9. The molecule has 0 bridgehead atoms. The van der Waals surface area contributed by atoms with E-state index in [0.717, 1.165) is 41.8 Å². The summed E-state index contributed by atoms with van der Waals surface area (Å²) in [7, 11) is 0. The molecule has 0 heterocycles. The van der Waals surface area contributed by atoms with Gasteiger partial charge >= 0.3 is 0 Å². The molecule has 2 rings (SSSR count). The number of rotatable bonds is 4. The van der Waals surface area contributed by atoms with Gasteiger partial charge in [0.25, 0.3) is 0 Å². The van der Waals surface area contributed by atoms with E-state index in [1.54, 1.807) is 0 Å². The van der Waals surface area contributed by atoms with Crippen LogP contribution in [0.25, 0.3) is 0 Å². The molecule has 0 amide bonds. The van der Waals surface area contributed by atoms with Crippen molar-refractivity contribution in [1.29, 1.82) is 0 Å². The molecule has 3 atom stereocenters. The Labute approximate surface area is 117 Å². The highest BCUT2D eigenvalue weighted by molar-refractivity contribution is 9.10. The van der Waals surface area contributed by atoms with Gasteiger partial charge in [-0.15, -0.1) is 0 Å². The second kappa shape index (κ2) is 6.58. The number of halogens is 1. The summed E-state index contributed by atoms with van der Waals surface area (Å²) in [4.78, 5) is 0. The van der Waals surface area contributed by atoms with Gasteiger partial charge < -0.3 is 9.84 Å². The highest BCUT2D eigenvalue weighted by atomic mass is 79.9. The largest absolute Gasteiger partial charge is 0.494 e. The van der Waals surface area contributed by atoms with Gasteiger partial charge in [0.05, 0.1) is 12.7 Å². The van der Waals surface area contributed by atoms with Gasteiger partial charge in [0.15, 0.2) is 0 Å². The van der Waals surface area contributed by atoms with Crippen LogP contribution >= 0.6 is 15.9 Å². The molecule has 1 N–H and O–H groups in total. The van der Waals surface area contributed by atoms with Crippen LogP contribution in [0.15, 0.2) is 28.7 Å². The Hall–Kier alpha value is -0.540. The molecule has 3 heteroatoms. The smallest absolute Gasteiger partial charge is 0.120 e. The summed E-state index contributed by atoms with van der Waals surface area (Å²) in [6.07, 6.45) is 4.04. The Bertz CT molecular complexity index is 381. The van der Waals surface area contributed by atoms with Crippen LogP contribution in [0.5, 0.6) is 5.75 Å². The number of aliphatic hydroxyl groups excluding tert-OH is 1. The van der Waals surface area contributed by atoms with Crippen LogP contribution in [0.1, 0.15) is 32.6 Å². The van der Waals surface area contributed by atoms with Crippen molar-refractivity contribution >= 4 is 15.9 Å². The van der Waals surface area contributed by atoms with E-state index in [1.807, 2.05) is 24.3 Å². The lowest BCUT2D eigenvalue weighted by Gasteiger charge is -2.31. The maximum atomic E-state index is 9.96. The number of hydrogen-bond donors (Lipinski definition) is 1. The van der Waals surface area contributed by atoms with Crippen molar-refractivity contribution in [3.8, 4) is 5.75 Å². The Morgan fingerprint density at radius 2 is 2.22 bits per heavy atom. The maximum absolute atomic E-state index is 9.96. The van der Waals surface area contributed by atoms with Crippen LogP contribution in [0, 0.1) is 11.8 Å². The minimum atomic E-state index is -0.132. The zero-order valence-electron chi connectivity index (χ0n) is 10.8. The number of ether oxygens (including phenoxy) is 1. The van der Waals surface area contributed by atoms with E-state index in [4.69, 9.17) is 4.74 Å². The summed E-state index contributed by atoms with van der Waals surface area (Å²) in [5.74, 6) is 2.04. The first-order chi connectivity index (χ1) is 8.65. The minimum Gasteiger partial charge on any atom is -0.494 e. The van der Waals surface area contributed by atoms with Gasteiger partial charge in [-0.3, -0.25) is 0 Å². The third kappa shape index (κ3) is 3.99. The van der Waals surface area contributed by atoms with Gasteiger partial charge in [0.2, 0.25) is 0 Å². The van der Waals surface area contributed by atoms with Crippen molar-refractivity contribution < 1.29 is 9.84 Å². The number of aliphatic hydroxyl groups is 1. The first-order valence-corrected chi connectivity index (χ1v) is 7.51. The van der Waals surface area contributed by atoms with E-state index in [1.165, 1.54) is 0 Å². The summed E-state index contributed by atoms with van der Waals surface area (Å²) in [5, 5.41) is 9.96. The van der Waals surface area contributed by atoms with Crippen molar-refractivity contribution in [3.63, 3.8) is 0 Å². The molecule has 3 unspecified atom stereocenters. The molecular weight excluding hydrogens is 292 g/mol. The Morgan fingerprint density at radius 1 is 1.39 bits per heavy atom. The zero-order chi connectivity index (χ0) is 13.0. The molecule has 18 heavy (non-hydrogen) atoms. The molecule has 1 saturated carbocycles. The summed E-state index contributed by atoms with van der Waals surface area (Å²) in [5.41, 5.74) is 0. The molecule has 0 saturated heterocycles. The summed E-state index contributed by atoms with van der Waals surface area (Å²) >= 11 is 3.43. The molecule has 1 aliphatic rings. The van der Waals surface area contributed by atoms with Gasteiger partial charge in [-0.05, 0) is 55.7 Å². The van der Waals surface area contributed by atoms with Gasteiger partial charge in [-0.25, -0.2) is 0 Å². The molecule has 1 fully saturated rings. The van der Waals surface area contributed by atoms with Crippen LogP contribution < -0.4 is 4.74 Å². The Balaban J connectivity index is 1.77. The van der Waals surface area contributed by atoms with Crippen LogP contribution in [0.3, 0.4) is 0 Å². The first-order valence-electron chi connectivity index (χ1n) is 6.71. The fourth-order valence-electron chi connectivity index (χ4n) is 2.68. The lowest BCUT2D eigenvalue weighted by Crippen LogP contribution is -2.29. The molecule has 1 aromatic carbocycles. The number of hydrogen-bond acceptors (Lipinski definition) is 2. The molecule has 100 valence electrons. The van der Waals surface area contributed by atoms with Crippen LogP contribution in [0.4, 0.5) is 0 Å². The van der Waals surface area contributed by atoms with E-state index in [0.29, 0.717) is 12.5 Å². The van der Waals surface area contributed by atoms with Crippen molar-refractivity contribution in [2.75, 3.05) is 6.61 Å². The Kier molecular flexibility index (Phi) is 5.07. The van der Waals surface area contributed by atoms with Gasteiger partial charge in [-0.1, -0.05) is 28.9 Å². The average molecular weight is 313 g/mol. The van der Waals surface area contributed by atoms with Crippen LogP contribution in [0.2, 0.25) is 0 Å². The SMILES string of the molecule is CC1CCC(O)C(CCOc2cccc(Br)c2)C1. The normalized spacial score (nSPS) is 28.1. The predicted octanol–water partition coefficient (Wildman–Crippen LogP) is 4.02. The molecule has 0 aromatic heterocycles. The molecular formula is C15H21BrO2. The van der Waals surface area contributed by atoms with Crippen molar-refractivity contribution in [1.82, 2.24) is 0 Å². The highest BCUT2D eigenvalue weighted by Crippen LogP contribution is 2.31. The average Bonchev–Trinajstić information content (AvgIpc) is 2.34. The van der Waals surface area contributed by atoms with E-state index in [9.17, 15) is 5.11 Å². The topological polar surface area (TPSA) is 29.5 Å². The van der Waals surface area contributed by atoms with Crippen molar-refractivity contribution in [2.24, 2.45) is 11.8 Å². The lowest BCUT2D eigenvalue weighted by molar-refractivity contribution is 0.0402. The summed E-state index contributed by atoms with van der Waals surface area (Å²) in [6.45, 7) is 2.96. The monoisotopic (exact) mass is 312 g/mol. The van der Waals surface area contributed by atoms with E-state index in [-0.39, 0.29) is 6.10 Å². The standard InChI is InChI=1S/C15H21BrO2/c1-11-5-6-15(17)12(9-11)7-8-18-14-4-2-3-13(16)10-14/h2-4,10-12,15,17H,5-9H2,1H3. The Morgan fingerprint density at radius 3 is 3.00 bits per heavy atom. The van der Waals surface area contributed by atoms with Gasteiger partial charge in [0, 0.05) is 4.47 Å². The minimum absolute atomic E-state index is 0.132. The molecule has 2 nitrogen and oxygen atoms in total. The lowest BCUT2D eigenvalue weighted by atomic mass is 9.79. The maximum Gasteiger partial charge on any atom is 0.120 e. The van der Waals surface area contributed by atoms with Gasteiger partial charge in [0.1, 0.15) is 5.75 Å². The fourth-order valence-corrected chi connectivity index (χ4v) is 3.06. The third-order valence-electron chi connectivity index (χ3n) is 3.76. The molecule has 0 radical (unpaired) electrons.